The van der Waals surface area contributed by atoms with Crippen LogP contribution < -0.4 is 0 Å². The number of esters is 1. The highest BCUT2D eigenvalue weighted by Crippen LogP contribution is 2.17. The quantitative estimate of drug-likeness (QED) is 0.696. The van der Waals surface area contributed by atoms with Crippen LogP contribution in [-0.2, 0) is 9.53 Å². The maximum atomic E-state index is 11.9. The molecule has 2 aromatic carbocycles. The number of aliphatic hydroxyl groups excluding tert-OH is 1. The maximum Gasteiger partial charge on any atom is 0.302 e. The Labute approximate surface area is 124 Å². The predicted molar refractivity (Wildman–Crippen MR) is 79.9 cm³/mol. The van der Waals surface area contributed by atoms with Gasteiger partial charge in [0.05, 0.1) is 7.11 Å². The SMILES string of the molecule is COC(C)=O.O=C(c1ccccc1)C(O)c1ccccc1. The first-order valence-corrected chi connectivity index (χ1v) is 6.43. The molecule has 2 aromatic rings. The number of benzene rings is 2. The molecule has 0 aliphatic heterocycles. The molecular weight excluding hydrogens is 268 g/mol. The van der Waals surface area contributed by atoms with Gasteiger partial charge in [-0.3, -0.25) is 9.59 Å². The Morgan fingerprint density at radius 1 is 0.952 bits per heavy atom. The zero-order valence-corrected chi connectivity index (χ0v) is 12.0. The molecule has 0 spiro atoms. The summed E-state index contributed by atoms with van der Waals surface area (Å²) in [6.45, 7) is 1.36. The van der Waals surface area contributed by atoms with Crippen molar-refractivity contribution in [3.63, 3.8) is 0 Å². The Kier molecular flexibility index (Phi) is 6.84. The van der Waals surface area contributed by atoms with E-state index in [2.05, 4.69) is 4.74 Å². The molecule has 0 fully saturated rings. The molecule has 0 heterocycles. The number of ether oxygens (including phenoxy) is 1. The van der Waals surface area contributed by atoms with E-state index in [1.165, 1.54) is 14.0 Å². The Bertz CT molecular complexity index is 564. The van der Waals surface area contributed by atoms with Crippen LogP contribution in [0.3, 0.4) is 0 Å². The molecule has 1 N–H and O–H groups in total. The number of methoxy groups -OCH3 is 1. The number of carbonyl (C=O) groups excluding carboxylic acids is 2. The van der Waals surface area contributed by atoms with Gasteiger partial charge in [0, 0.05) is 12.5 Å². The van der Waals surface area contributed by atoms with E-state index in [-0.39, 0.29) is 11.8 Å². The van der Waals surface area contributed by atoms with Gasteiger partial charge in [0.25, 0.3) is 0 Å². The fourth-order valence-electron chi connectivity index (χ4n) is 1.55. The van der Waals surface area contributed by atoms with Crippen molar-refractivity contribution in [3.8, 4) is 0 Å². The van der Waals surface area contributed by atoms with Gasteiger partial charge in [-0.2, -0.15) is 0 Å². The van der Waals surface area contributed by atoms with Crippen molar-refractivity contribution in [2.75, 3.05) is 7.11 Å². The molecule has 21 heavy (non-hydrogen) atoms. The highest BCUT2D eigenvalue weighted by Gasteiger charge is 2.18. The summed E-state index contributed by atoms with van der Waals surface area (Å²) in [7, 11) is 1.35. The summed E-state index contributed by atoms with van der Waals surface area (Å²) in [5.41, 5.74) is 1.15. The summed E-state index contributed by atoms with van der Waals surface area (Å²) in [5, 5.41) is 9.89. The second-order valence-corrected chi connectivity index (χ2v) is 4.24. The highest BCUT2D eigenvalue weighted by atomic mass is 16.5. The lowest BCUT2D eigenvalue weighted by Crippen LogP contribution is -2.11. The Balaban J connectivity index is 0.000000383. The summed E-state index contributed by atoms with van der Waals surface area (Å²) in [6, 6.07) is 17.7. The van der Waals surface area contributed by atoms with Gasteiger partial charge in [-0.05, 0) is 5.56 Å². The molecule has 4 nitrogen and oxygen atoms in total. The third-order valence-electron chi connectivity index (χ3n) is 2.71. The minimum Gasteiger partial charge on any atom is -0.469 e. The highest BCUT2D eigenvalue weighted by molar-refractivity contribution is 5.99. The molecule has 0 aliphatic rings. The number of carbonyl (C=O) groups is 2. The lowest BCUT2D eigenvalue weighted by molar-refractivity contribution is -0.137. The van der Waals surface area contributed by atoms with Crippen LogP contribution >= 0.6 is 0 Å². The molecule has 0 saturated heterocycles. The standard InChI is InChI=1S/C14H12O2.C3H6O2/c15-13(11-7-3-1-4-8-11)14(16)12-9-5-2-6-10-12;1-3(4)5-2/h1-10,13,15H;1-2H3. The van der Waals surface area contributed by atoms with Gasteiger partial charge in [-0.25, -0.2) is 0 Å². The van der Waals surface area contributed by atoms with Crippen molar-refractivity contribution in [1.82, 2.24) is 0 Å². The molecule has 0 saturated carbocycles. The van der Waals surface area contributed by atoms with Gasteiger partial charge in [0.2, 0.25) is 0 Å². The maximum absolute atomic E-state index is 11.9. The minimum atomic E-state index is -1.08. The van der Waals surface area contributed by atoms with Gasteiger partial charge in [-0.15, -0.1) is 0 Å². The third kappa shape index (κ3) is 5.58. The molecule has 1 atom stereocenters. The third-order valence-corrected chi connectivity index (χ3v) is 2.71. The molecule has 0 aliphatic carbocycles. The van der Waals surface area contributed by atoms with Crippen molar-refractivity contribution < 1.29 is 19.4 Å². The van der Waals surface area contributed by atoms with Crippen molar-refractivity contribution in [2.45, 2.75) is 13.0 Å². The number of rotatable bonds is 3. The summed E-state index contributed by atoms with van der Waals surface area (Å²) in [4.78, 5) is 21.5. The van der Waals surface area contributed by atoms with Crippen LogP contribution in [0.25, 0.3) is 0 Å². The molecular formula is C17H18O4. The lowest BCUT2D eigenvalue weighted by Gasteiger charge is -2.09. The van der Waals surface area contributed by atoms with Crippen molar-refractivity contribution in [1.29, 1.82) is 0 Å². The van der Waals surface area contributed by atoms with E-state index >= 15 is 0 Å². The zero-order chi connectivity index (χ0) is 15.7. The summed E-state index contributed by atoms with van der Waals surface area (Å²) in [6.07, 6.45) is -1.08. The number of ketones is 1. The van der Waals surface area contributed by atoms with Gasteiger partial charge >= 0.3 is 5.97 Å². The molecule has 0 bridgehead atoms. The number of aliphatic hydroxyl groups is 1. The molecule has 0 amide bonds. The molecule has 0 aromatic heterocycles. The van der Waals surface area contributed by atoms with E-state index in [1.807, 2.05) is 12.1 Å². The average molecular weight is 286 g/mol. The summed E-state index contributed by atoms with van der Waals surface area (Å²) < 4.78 is 4.11. The van der Waals surface area contributed by atoms with Gasteiger partial charge in [-0.1, -0.05) is 60.7 Å². The predicted octanol–water partition coefficient (Wildman–Crippen LogP) is 2.78. The molecule has 0 radical (unpaired) electrons. The molecule has 4 heteroatoms. The van der Waals surface area contributed by atoms with E-state index < -0.39 is 6.10 Å². The zero-order valence-electron chi connectivity index (χ0n) is 12.0. The Morgan fingerprint density at radius 2 is 1.38 bits per heavy atom. The van der Waals surface area contributed by atoms with E-state index in [1.54, 1.807) is 48.5 Å². The second-order valence-electron chi connectivity index (χ2n) is 4.24. The Morgan fingerprint density at radius 3 is 1.81 bits per heavy atom. The van der Waals surface area contributed by atoms with Crippen LogP contribution in [0.4, 0.5) is 0 Å². The number of Topliss-reactive ketones (excluding diaryl/α,β-unsaturated/α-hetero) is 1. The average Bonchev–Trinajstić information content (AvgIpc) is 2.55. The number of hydrogen-bond donors (Lipinski definition) is 1. The van der Waals surface area contributed by atoms with Crippen molar-refractivity contribution in [2.24, 2.45) is 0 Å². The van der Waals surface area contributed by atoms with E-state index in [4.69, 9.17) is 0 Å². The first-order valence-electron chi connectivity index (χ1n) is 6.43. The van der Waals surface area contributed by atoms with Crippen molar-refractivity contribution >= 4 is 11.8 Å². The first-order chi connectivity index (χ1) is 10.1. The molecule has 2 rings (SSSR count). The smallest absolute Gasteiger partial charge is 0.302 e. The summed E-state index contributed by atoms with van der Waals surface area (Å²) in [5.74, 6) is -0.517. The fraction of sp³-hybridized carbons (Fsp3) is 0.176. The minimum absolute atomic E-state index is 0.245. The summed E-state index contributed by atoms with van der Waals surface area (Å²) >= 11 is 0. The largest absolute Gasteiger partial charge is 0.469 e. The topological polar surface area (TPSA) is 63.6 Å². The van der Waals surface area contributed by atoms with E-state index in [0.717, 1.165) is 0 Å². The molecule has 110 valence electrons. The van der Waals surface area contributed by atoms with Crippen LogP contribution in [0.5, 0.6) is 0 Å². The van der Waals surface area contributed by atoms with E-state index in [0.29, 0.717) is 11.1 Å². The fourth-order valence-corrected chi connectivity index (χ4v) is 1.55. The normalized spacial score (nSPS) is 10.8. The van der Waals surface area contributed by atoms with Crippen LogP contribution in [0.1, 0.15) is 28.9 Å². The van der Waals surface area contributed by atoms with Crippen LogP contribution in [0, 0.1) is 0 Å². The van der Waals surface area contributed by atoms with Crippen LogP contribution in [0.2, 0.25) is 0 Å². The second kappa shape index (κ2) is 8.66. The van der Waals surface area contributed by atoms with Gasteiger partial charge < -0.3 is 9.84 Å². The van der Waals surface area contributed by atoms with Gasteiger partial charge in [0.1, 0.15) is 6.10 Å². The van der Waals surface area contributed by atoms with Crippen molar-refractivity contribution in [3.05, 3.63) is 71.8 Å². The molecule has 1 unspecified atom stereocenters. The monoisotopic (exact) mass is 286 g/mol. The Hall–Kier alpha value is -2.46. The van der Waals surface area contributed by atoms with Gasteiger partial charge in [0.15, 0.2) is 5.78 Å². The lowest BCUT2D eigenvalue weighted by atomic mass is 10.0. The van der Waals surface area contributed by atoms with Crippen LogP contribution in [0.15, 0.2) is 60.7 Å². The number of hydrogen-bond acceptors (Lipinski definition) is 4. The first kappa shape index (κ1) is 16.6. The van der Waals surface area contributed by atoms with Crippen LogP contribution in [-0.4, -0.2) is 24.0 Å². The van der Waals surface area contributed by atoms with E-state index in [9.17, 15) is 14.7 Å².